The van der Waals surface area contributed by atoms with Crippen molar-refractivity contribution in [1.29, 1.82) is 0 Å². The summed E-state index contributed by atoms with van der Waals surface area (Å²) in [5.41, 5.74) is 3.94. The Morgan fingerprint density at radius 2 is 1.90 bits per heavy atom. The molecule has 1 aromatic rings. The number of rotatable bonds is 4. The monoisotopic (exact) mass is 276 g/mol. The topological polar surface area (TPSA) is 33.1 Å². The highest BCUT2D eigenvalue weighted by atomic mass is 15.3. The molecule has 2 fully saturated rings. The third-order valence-corrected chi connectivity index (χ3v) is 5.39. The molecular formula is C16H28N4. The Labute approximate surface area is 122 Å². The molecule has 0 aliphatic carbocycles. The molecule has 2 aliphatic heterocycles. The second-order valence-corrected chi connectivity index (χ2v) is 6.60. The van der Waals surface area contributed by atoms with E-state index in [2.05, 4.69) is 36.1 Å². The Bertz CT molecular complexity index is 467. The van der Waals surface area contributed by atoms with Crippen LogP contribution in [0.1, 0.15) is 49.6 Å². The van der Waals surface area contributed by atoms with E-state index in [1.165, 1.54) is 42.6 Å². The van der Waals surface area contributed by atoms with Crippen molar-refractivity contribution in [3.05, 3.63) is 17.0 Å². The minimum Gasteiger partial charge on any atom is -0.311 e. The fraction of sp³-hybridized carbons (Fsp3) is 0.812. The summed E-state index contributed by atoms with van der Waals surface area (Å²) in [5, 5.41) is 8.31. The first-order valence-electron chi connectivity index (χ1n) is 8.07. The van der Waals surface area contributed by atoms with Gasteiger partial charge in [0.25, 0.3) is 0 Å². The number of hydrogen-bond acceptors (Lipinski definition) is 3. The lowest BCUT2D eigenvalue weighted by Crippen LogP contribution is -2.48. The molecule has 4 nitrogen and oxygen atoms in total. The Morgan fingerprint density at radius 3 is 2.40 bits per heavy atom. The highest BCUT2D eigenvalue weighted by Crippen LogP contribution is 2.30. The summed E-state index contributed by atoms with van der Waals surface area (Å²) in [6, 6.07) is 2.28. The summed E-state index contributed by atoms with van der Waals surface area (Å²) < 4.78 is 2.02. The van der Waals surface area contributed by atoms with E-state index in [1.54, 1.807) is 0 Å². The molecule has 0 radical (unpaired) electrons. The van der Waals surface area contributed by atoms with Crippen molar-refractivity contribution < 1.29 is 0 Å². The van der Waals surface area contributed by atoms with Gasteiger partial charge in [0.15, 0.2) is 0 Å². The first-order chi connectivity index (χ1) is 9.58. The maximum absolute atomic E-state index is 4.56. The van der Waals surface area contributed by atoms with Crippen molar-refractivity contribution in [2.75, 3.05) is 6.54 Å². The van der Waals surface area contributed by atoms with Gasteiger partial charge in [-0.05, 0) is 46.1 Å². The van der Waals surface area contributed by atoms with Gasteiger partial charge in [0, 0.05) is 43.0 Å². The minimum atomic E-state index is 0.748. The first-order valence-corrected chi connectivity index (χ1v) is 8.07. The third-order valence-electron chi connectivity index (χ3n) is 5.39. The van der Waals surface area contributed by atoms with E-state index >= 15 is 0 Å². The lowest BCUT2D eigenvalue weighted by Gasteiger charge is -2.37. The molecule has 20 heavy (non-hydrogen) atoms. The maximum Gasteiger partial charge on any atom is 0.0641 e. The molecule has 1 aromatic heterocycles. The van der Waals surface area contributed by atoms with Gasteiger partial charge in [-0.15, -0.1) is 0 Å². The summed E-state index contributed by atoms with van der Waals surface area (Å²) in [6.07, 6.45) is 5.40. The molecule has 2 atom stereocenters. The van der Waals surface area contributed by atoms with Crippen LogP contribution in [0.5, 0.6) is 0 Å². The molecule has 0 saturated carbocycles. The number of aromatic nitrogens is 2. The van der Waals surface area contributed by atoms with E-state index in [0.29, 0.717) is 0 Å². The number of aryl methyl sites for hydroxylation is 2. The highest BCUT2D eigenvalue weighted by molar-refractivity contribution is 5.24. The second kappa shape index (κ2) is 5.49. The molecule has 0 amide bonds. The van der Waals surface area contributed by atoms with Gasteiger partial charge < -0.3 is 5.32 Å². The van der Waals surface area contributed by atoms with Gasteiger partial charge in [0.1, 0.15) is 0 Å². The number of nitrogens with one attached hydrogen (secondary N) is 1. The molecule has 3 rings (SSSR count). The maximum atomic E-state index is 4.56. The average molecular weight is 276 g/mol. The van der Waals surface area contributed by atoms with E-state index in [-0.39, 0.29) is 0 Å². The Kier molecular flexibility index (Phi) is 3.87. The summed E-state index contributed by atoms with van der Waals surface area (Å²) in [5.74, 6) is 0. The lowest BCUT2D eigenvalue weighted by molar-refractivity contribution is 0.140. The molecule has 2 aliphatic rings. The minimum absolute atomic E-state index is 0.748. The van der Waals surface area contributed by atoms with Crippen molar-refractivity contribution in [1.82, 2.24) is 20.0 Å². The van der Waals surface area contributed by atoms with Gasteiger partial charge in [-0.25, -0.2) is 0 Å². The smallest absolute Gasteiger partial charge is 0.0641 e. The molecule has 0 spiro atoms. The zero-order valence-electron chi connectivity index (χ0n) is 13.3. The van der Waals surface area contributed by atoms with Gasteiger partial charge in [-0.1, -0.05) is 6.92 Å². The van der Waals surface area contributed by atoms with Crippen LogP contribution in [-0.4, -0.2) is 39.4 Å². The molecule has 112 valence electrons. The lowest BCUT2D eigenvalue weighted by atomic mass is 9.97. The standard InChI is InChI=1S/C16H28N4/c1-5-20(10-16-11(2)18-19(4)12(16)3)15-8-13-6-7-14(9-15)17-13/h13-15,17H,5-10H2,1-4H3. The summed E-state index contributed by atoms with van der Waals surface area (Å²) in [6.45, 7) is 8.83. The summed E-state index contributed by atoms with van der Waals surface area (Å²) >= 11 is 0. The number of hydrogen-bond donors (Lipinski definition) is 1. The largest absolute Gasteiger partial charge is 0.311 e. The van der Waals surface area contributed by atoms with Crippen molar-refractivity contribution >= 4 is 0 Å². The number of nitrogens with zero attached hydrogens (tertiary/aromatic N) is 3. The van der Waals surface area contributed by atoms with Crippen LogP contribution in [0.3, 0.4) is 0 Å². The zero-order valence-corrected chi connectivity index (χ0v) is 13.3. The molecule has 0 aromatic carbocycles. The highest BCUT2D eigenvalue weighted by Gasteiger charge is 2.35. The van der Waals surface area contributed by atoms with Crippen LogP contribution >= 0.6 is 0 Å². The zero-order chi connectivity index (χ0) is 14.3. The third kappa shape index (κ3) is 2.51. The molecule has 2 bridgehead atoms. The Morgan fingerprint density at radius 1 is 1.25 bits per heavy atom. The molecule has 2 unspecified atom stereocenters. The van der Waals surface area contributed by atoms with Crippen LogP contribution in [-0.2, 0) is 13.6 Å². The Hall–Kier alpha value is -0.870. The normalized spacial score (nSPS) is 29.4. The summed E-state index contributed by atoms with van der Waals surface area (Å²) in [4.78, 5) is 2.67. The van der Waals surface area contributed by atoms with Crippen LogP contribution in [0.4, 0.5) is 0 Å². The molecule has 1 N–H and O–H groups in total. The van der Waals surface area contributed by atoms with Gasteiger partial charge in [-0.3, -0.25) is 9.58 Å². The van der Waals surface area contributed by atoms with Crippen molar-refractivity contribution in [3.63, 3.8) is 0 Å². The van der Waals surface area contributed by atoms with Crippen molar-refractivity contribution in [2.45, 2.75) is 71.1 Å². The van der Waals surface area contributed by atoms with E-state index in [9.17, 15) is 0 Å². The van der Waals surface area contributed by atoms with E-state index in [1.807, 2.05) is 11.7 Å². The number of fused-ring (bicyclic) bond motifs is 2. The van der Waals surface area contributed by atoms with E-state index in [0.717, 1.165) is 31.2 Å². The predicted molar refractivity (Wildman–Crippen MR) is 81.7 cm³/mol. The van der Waals surface area contributed by atoms with Crippen molar-refractivity contribution in [2.24, 2.45) is 7.05 Å². The van der Waals surface area contributed by atoms with Crippen LogP contribution < -0.4 is 5.32 Å². The predicted octanol–water partition coefficient (Wildman–Crippen LogP) is 2.14. The summed E-state index contributed by atoms with van der Waals surface area (Å²) in [7, 11) is 2.05. The van der Waals surface area contributed by atoms with Crippen LogP contribution in [0.25, 0.3) is 0 Å². The fourth-order valence-corrected chi connectivity index (χ4v) is 4.07. The van der Waals surface area contributed by atoms with Crippen molar-refractivity contribution in [3.8, 4) is 0 Å². The van der Waals surface area contributed by atoms with Crippen LogP contribution in [0.15, 0.2) is 0 Å². The fourth-order valence-electron chi connectivity index (χ4n) is 4.07. The second-order valence-electron chi connectivity index (χ2n) is 6.60. The molecule has 4 heteroatoms. The van der Waals surface area contributed by atoms with Gasteiger partial charge in [0.05, 0.1) is 5.69 Å². The van der Waals surface area contributed by atoms with Crippen LogP contribution in [0.2, 0.25) is 0 Å². The van der Waals surface area contributed by atoms with Gasteiger partial charge >= 0.3 is 0 Å². The average Bonchev–Trinajstić information content (AvgIpc) is 2.88. The number of piperidine rings is 1. The SMILES string of the molecule is CCN(Cc1c(C)nn(C)c1C)C1CC2CCC(C1)N2. The van der Waals surface area contributed by atoms with E-state index < -0.39 is 0 Å². The van der Waals surface area contributed by atoms with Crippen LogP contribution in [0, 0.1) is 13.8 Å². The van der Waals surface area contributed by atoms with Gasteiger partial charge in [-0.2, -0.15) is 5.10 Å². The molecular weight excluding hydrogens is 248 g/mol. The first kappa shape index (κ1) is 14.1. The van der Waals surface area contributed by atoms with E-state index in [4.69, 9.17) is 0 Å². The molecule has 2 saturated heterocycles. The quantitative estimate of drug-likeness (QED) is 0.914. The van der Waals surface area contributed by atoms with Gasteiger partial charge in [0.2, 0.25) is 0 Å². The molecule has 3 heterocycles. The Balaban J connectivity index is 1.73.